The second kappa shape index (κ2) is 6.76. The lowest BCUT2D eigenvalue weighted by atomic mass is 9.80. The van der Waals surface area contributed by atoms with Crippen LogP contribution in [0.25, 0.3) is 0 Å². The van der Waals surface area contributed by atoms with Gasteiger partial charge in [0.1, 0.15) is 0 Å². The summed E-state index contributed by atoms with van der Waals surface area (Å²) in [6, 6.07) is 0.698. The van der Waals surface area contributed by atoms with Gasteiger partial charge in [-0.05, 0) is 64.1 Å². The summed E-state index contributed by atoms with van der Waals surface area (Å²) in [5, 5.41) is 0. The Morgan fingerprint density at radius 3 is 2.35 bits per heavy atom. The van der Waals surface area contributed by atoms with Gasteiger partial charge in [0, 0.05) is 24.7 Å². The molecular formula is C17H35N3. The number of hydrogen-bond acceptors (Lipinski definition) is 3. The van der Waals surface area contributed by atoms with E-state index in [4.69, 9.17) is 5.73 Å². The number of nitrogens with two attached hydrogens (primary N) is 1. The van der Waals surface area contributed by atoms with Crippen LogP contribution in [-0.2, 0) is 0 Å². The zero-order valence-electron chi connectivity index (χ0n) is 14.1. The molecule has 118 valence electrons. The minimum absolute atomic E-state index is 0.279. The third-order valence-corrected chi connectivity index (χ3v) is 5.77. The van der Waals surface area contributed by atoms with E-state index in [2.05, 4.69) is 37.5 Å². The predicted octanol–water partition coefficient (Wildman–Crippen LogP) is 2.56. The molecule has 2 atom stereocenters. The molecule has 20 heavy (non-hydrogen) atoms. The molecule has 0 aliphatic carbocycles. The maximum Gasteiger partial charge on any atom is 0.0358 e. The first kappa shape index (κ1) is 16.3. The summed E-state index contributed by atoms with van der Waals surface area (Å²) in [6.07, 6.45) is 5.25. The van der Waals surface area contributed by atoms with Crippen LogP contribution >= 0.6 is 0 Å². The van der Waals surface area contributed by atoms with Crippen molar-refractivity contribution in [2.24, 2.45) is 17.6 Å². The lowest BCUT2D eigenvalue weighted by Gasteiger charge is -2.54. The van der Waals surface area contributed by atoms with E-state index in [1.54, 1.807) is 0 Å². The van der Waals surface area contributed by atoms with Gasteiger partial charge in [0.15, 0.2) is 0 Å². The van der Waals surface area contributed by atoms with Crippen LogP contribution in [0.4, 0.5) is 0 Å². The molecule has 0 spiro atoms. The molecule has 0 aromatic carbocycles. The summed E-state index contributed by atoms with van der Waals surface area (Å²) in [6.45, 7) is 15.3. The van der Waals surface area contributed by atoms with Gasteiger partial charge < -0.3 is 10.6 Å². The highest BCUT2D eigenvalue weighted by atomic mass is 15.3. The van der Waals surface area contributed by atoms with Gasteiger partial charge >= 0.3 is 0 Å². The largest absolute Gasteiger partial charge is 0.329 e. The highest BCUT2D eigenvalue weighted by molar-refractivity contribution is 5.00. The van der Waals surface area contributed by atoms with Crippen molar-refractivity contribution in [2.45, 2.75) is 65.0 Å². The summed E-state index contributed by atoms with van der Waals surface area (Å²) in [4.78, 5) is 5.41. The third kappa shape index (κ3) is 3.37. The Morgan fingerprint density at radius 2 is 1.80 bits per heavy atom. The summed E-state index contributed by atoms with van der Waals surface area (Å²) >= 11 is 0. The van der Waals surface area contributed by atoms with Crippen LogP contribution < -0.4 is 5.73 Å². The van der Waals surface area contributed by atoms with Crippen molar-refractivity contribution in [2.75, 3.05) is 32.7 Å². The molecular weight excluding hydrogens is 246 g/mol. The fraction of sp³-hybridized carbons (Fsp3) is 1.00. The maximum absolute atomic E-state index is 6.26. The van der Waals surface area contributed by atoms with Crippen LogP contribution in [-0.4, -0.2) is 54.1 Å². The van der Waals surface area contributed by atoms with Crippen LogP contribution in [0.2, 0.25) is 0 Å². The number of hydrogen-bond donors (Lipinski definition) is 1. The first-order valence-electron chi connectivity index (χ1n) is 8.67. The SMILES string of the molecule is CC(C)CN1CCC(CN)(N2CCCC(C)C2C)CC1. The van der Waals surface area contributed by atoms with Crippen molar-refractivity contribution in [3.8, 4) is 0 Å². The molecule has 2 aliphatic heterocycles. The molecule has 2 rings (SSSR count). The highest BCUT2D eigenvalue weighted by Gasteiger charge is 2.42. The van der Waals surface area contributed by atoms with Crippen molar-refractivity contribution in [1.82, 2.24) is 9.80 Å². The second-order valence-corrected chi connectivity index (χ2v) is 7.68. The zero-order valence-corrected chi connectivity index (χ0v) is 14.1. The Labute approximate surface area is 125 Å². The van der Waals surface area contributed by atoms with Gasteiger partial charge in [-0.1, -0.05) is 20.8 Å². The number of likely N-dealkylation sites (tertiary alicyclic amines) is 2. The van der Waals surface area contributed by atoms with Gasteiger partial charge in [-0.25, -0.2) is 0 Å². The first-order valence-corrected chi connectivity index (χ1v) is 8.67. The average molecular weight is 281 g/mol. The molecule has 2 unspecified atom stereocenters. The average Bonchev–Trinajstić information content (AvgIpc) is 2.43. The monoisotopic (exact) mass is 281 g/mol. The molecule has 0 aromatic rings. The number of nitrogens with zero attached hydrogens (tertiary/aromatic N) is 2. The van der Waals surface area contributed by atoms with Gasteiger partial charge in [-0.2, -0.15) is 0 Å². The zero-order chi connectivity index (χ0) is 14.8. The van der Waals surface area contributed by atoms with Gasteiger partial charge in [0.25, 0.3) is 0 Å². The standard InChI is InChI=1S/C17H35N3/c1-14(2)12-19-10-7-17(13-18,8-11-19)20-9-5-6-15(3)16(20)4/h14-16H,5-13,18H2,1-4H3. The van der Waals surface area contributed by atoms with Crippen molar-refractivity contribution in [3.05, 3.63) is 0 Å². The molecule has 0 radical (unpaired) electrons. The first-order chi connectivity index (χ1) is 9.48. The Bertz CT molecular complexity index is 295. The van der Waals surface area contributed by atoms with E-state index in [0.29, 0.717) is 6.04 Å². The molecule has 2 saturated heterocycles. The van der Waals surface area contributed by atoms with Gasteiger partial charge in [-0.15, -0.1) is 0 Å². The lowest BCUT2D eigenvalue weighted by Crippen LogP contribution is -2.64. The van der Waals surface area contributed by atoms with E-state index in [1.165, 1.54) is 51.9 Å². The molecule has 3 nitrogen and oxygen atoms in total. The molecule has 0 amide bonds. The minimum atomic E-state index is 0.279. The van der Waals surface area contributed by atoms with E-state index in [-0.39, 0.29) is 5.54 Å². The predicted molar refractivity (Wildman–Crippen MR) is 86.9 cm³/mol. The lowest BCUT2D eigenvalue weighted by molar-refractivity contribution is -0.0337. The van der Waals surface area contributed by atoms with Crippen LogP contribution in [0.1, 0.15) is 53.4 Å². The van der Waals surface area contributed by atoms with Crippen LogP contribution in [0.3, 0.4) is 0 Å². The summed E-state index contributed by atoms with van der Waals surface area (Å²) in [7, 11) is 0. The van der Waals surface area contributed by atoms with E-state index >= 15 is 0 Å². The third-order valence-electron chi connectivity index (χ3n) is 5.77. The van der Waals surface area contributed by atoms with Crippen molar-refractivity contribution in [3.63, 3.8) is 0 Å². The Hall–Kier alpha value is -0.120. The van der Waals surface area contributed by atoms with E-state index in [0.717, 1.165) is 18.4 Å². The Kier molecular flexibility index (Phi) is 5.49. The molecule has 0 aromatic heterocycles. The quantitative estimate of drug-likeness (QED) is 0.859. The molecule has 2 fully saturated rings. The van der Waals surface area contributed by atoms with Gasteiger partial charge in [0.05, 0.1) is 0 Å². The number of rotatable bonds is 4. The summed E-state index contributed by atoms with van der Waals surface area (Å²) < 4.78 is 0. The van der Waals surface area contributed by atoms with E-state index in [9.17, 15) is 0 Å². The van der Waals surface area contributed by atoms with Crippen LogP contribution in [0.15, 0.2) is 0 Å². The van der Waals surface area contributed by atoms with Crippen molar-refractivity contribution < 1.29 is 0 Å². The smallest absolute Gasteiger partial charge is 0.0358 e. The van der Waals surface area contributed by atoms with E-state index in [1.807, 2.05) is 0 Å². The van der Waals surface area contributed by atoms with Gasteiger partial charge in [0.2, 0.25) is 0 Å². The van der Waals surface area contributed by atoms with Crippen molar-refractivity contribution in [1.29, 1.82) is 0 Å². The molecule has 0 bridgehead atoms. The number of piperidine rings is 2. The summed E-state index contributed by atoms with van der Waals surface area (Å²) in [5.74, 6) is 1.59. The molecule has 2 heterocycles. The van der Waals surface area contributed by atoms with Crippen molar-refractivity contribution >= 4 is 0 Å². The molecule has 0 saturated carbocycles. The summed E-state index contributed by atoms with van der Waals surface area (Å²) in [5.41, 5.74) is 6.54. The van der Waals surface area contributed by atoms with Gasteiger partial charge in [-0.3, -0.25) is 4.90 Å². The maximum atomic E-state index is 6.26. The topological polar surface area (TPSA) is 32.5 Å². The van der Waals surface area contributed by atoms with Crippen LogP contribution in [0.5, 0.6) is 0 Å². The fourth-order valence-corrected chi connectivity index (χ4v) is 4.28. The second-order valence-electron chi connectivity index (χ2n) is 7.68. The van der Waals surface area contributed by atoms with E-state index < -0.39 is 0 Å². The van der Waals surface area contributed by atoms with Crippen LogP contribution in [0, 0.1) is 11.8 Å². The minimum Gasteiger partial charge on any atom is -0.329 e. The molecule has 2 N–H and O–H groups in total. The molecule has 2 aliphatic rings. The normalized spacial score (nSPS) is 32.7. The highest BCUT2D eigenvalue weighted by Crippen LogP contribution is 2.35. The Balaban J connectivity index is 2.00. The Morgan fingerprint density at radius 1 is 1.15 bits per heavy atom. The molecule has 3 heteroatoms. The fourth-order valence-electron chi connectivity index (χ4n) is 4.28.